The molecule has 2 aliphatic heterocycles. The van der Waals surface area contributed by atoms with E-state index in [1.54, 1.807) is 17.0 Å². The summed E-state index contributed by atoms with van der Waals surface area (Å²) in [5, 5.41) is 12.7. The number of carbonyl (C=O) groups excluding carboxylic acids is 2. The molecule has 4 rings (SSSR count). The summed E-state index contributed by atoms with van der Waals surface area (Å²) >= 11 is 0. The first-order chi connectivity index (χ1) is 16.2. The van der Waals surface area contributed by atoms with Crippen molar-refractivity contribution in [1.29, 1.82) is 0 Å². The SMILES string of the molecule is CC(C)(C)OC(=O)N1CCCCC1C(=O)NCc1ccc(Oc2ccc3c(c2)COB3O)cc1. The number of likely N-dealkylation sites (tertiary alicyclic amines) is 1. The molecule has 0 bridgehead atoms. The fourth-order valence-electron chi connectivity index (χ4n) is 4.13. The van der Waals surface area contributed by atoms with E-state index in [1.165, 1.54) is 0 Å². The lowest BCUT2D eigenvalue weighted by Crippen LogP contribution is -2.52. The van der Waals surface area contributed by atoms with E-state index < -0.39 is 24.9 Å². The third-order valence-electron chi connectivity index (χ3n) is 5.84. The zero-order chi connectivity index (χ0) is 24.3. The van der Waals surface area contributed by atoms with Gasteiger partial charge in [-0.25, -0.2) is 4.79 Å². The Morgan fingerprint density at radius 3 is 2.62 bits per heavy atom. The molecule has 2 aliphatic rings. The van der Waals surface area contributed by atoms with E-state index in [4.69, 9.17) is 14.1 Å². The number of fused-ring (bicyclic) bond motifs is 1. The summed E-state index contributed by atoms with van der Waals surface area (Å²) in [6.45, 7) is 6.69. The van der Waals surface area contributed by atoms with Crippen LogP contribution in [0.25, 0.3) is 0 Å². The van der Waals surface area contributed by atoms with Crippen LogP contribution in [0, 0.1) is 0 Å². The van der Waals surface area contributed by atoms with E-state index >= 15 is 0 Å². The molecule has 0 aromatic heterocycles. The first-order valence-corrected chi connectivity index (χ1v) is 11.7. The zero-order valence-electron chi connectivity index (χ0n) is 19.9. The summed E-state index contributed by atoms with van der Waals surface area (Å²) in [4.78, 5) is 27.0. The van der Waals surface area contributed by atoms with Crippen molar-refractivity contribution < 1.29 is 28.7 Å². The maximum atomic E-state index is 12.9. The van der Waals surface area contributed by atoms with Gasteiger partial charge >= 0.3 is 13.2 Å². The Morgan fingerprint density at radius 1 is 1.15 bits per heavy atom. The third-order valence-corrected chi connectivity index (χ3v) is 5.84. The van der Waals surface area contributed by atoms with Gasteiger partial charge in [-0.15, -0.1) is 0 Å². The molecule has 0 saturated carbocycles. The molecule has 1 saturated heterocycles. The maximum absolute atomic E-state index is 12.9. The minimum atomic E-state index is -0.872. The minimum Gasteiger partial charge on any atom is -0.457 e. The highest BCUT2D eigenvalue weighted by Crippen LogP contribution is 2.24. The molecule has 2 amide bonds. The molecule has 34 heavy (non-hydrogen) atoms. The fraction of sp³-hybridized carbons (Fsp3) is 0.440. The van der Waals surface area contributed by atoms with Gasteiger partial charge in [0.25, 0.3) is 0 Å². The van der Waals surface area contributed by atoms with Gasteiger partial charge in [0.1, 0.15) is 23.1 Å². The van der Waals surface area contributed by atoms with Gasteiger partial charge in [0, 0.05) is 13.1 Å². The highest BCUT2D eigenvalue weighted by molar-refractivity contribution is 6.61. The van der Waals surface area contributed by atoms with Crippen LogP contribution in [0.2, 0.25) is 0 Å². The second-order valence-corrected chi connectivity index (χ2v) is 9.67. The molecule has 0 radical (unpaired) electrons. The Morgan fingerprint density at radius 2 is 1.88 bits per heavy atom. The lowest BCUT2D eigenvalue weighted by Gasteiger charge is -2.35. The van der Waals surface area contributed by atoms with Crippen LogP contribution >= 0.6 is 0 Å². The van der Waals surface area contributed by atoms with Gasteiger partial charge < -0.3 is 24.5 Å². The molecule has 1 atom stereocenters. The minimum absolute atomic E-state index is 0.173. The number of amides is 2. The Kier molecular flexibility index (Phi) is 7.14. The number of nitrogens with zero attached hydrogens (tertiary/aromatic N) is 1. The maximum Gasteiger partial charge on any atom is 0.491 e. The van der Waals surface area contributed by atoms with Crippen molar-refractivity contribution in [3.63, 3.8) is 0 Å². The molecule has 180 valence electrons. The third kappa shape index (κ3) is 5.90. The molecule has 1 unspecified atom stereocenters. The van der Waals surface area contributed by atoms with Gasteiger partial charge in [0.05, 0.1) is 6.61 Å². The predicted octanol–water partition coefficient (Wildman–Crippen LogP) is 3.10. The second kappa shape index (κ2) is 10.1. The number of carbonyl (C=O) groups is 2. The van der Waals surface area contributed by atoms with Crippen LogP contribution in [0.15, 0.2) is 42.5 Å². The Hall–Kier alpha value is -3.04. The molecule has 0 aliphatic carbocycles. The van der Waals surface area contributed by atoms with Gasteiger partial charge in [-0.2, -0.15) is 0 Å². The van der Waals surface area contributed by atoms with Crippen LogP contribution in [-0.4, -0.2) is 47.2 Å². The number of rotatable bonds is 5. The van der Waals surface area contributed by atoms with Gasteiger partial charge in [-0.3, -0.25) is 9.69 Å². The lowest BCUT2D eigenvalue weighted by molar-refractivity contribution is -0.127. The molecule has 8 nitrogen and oxygen atoms in total. The Bertz CT molecular complexity index is 1040. The summed E-state index contributed by atoms with van der Waals surface area (Å²) in [5.74, 6) is 1.16. The van der Waals surface area contributed by atoms with Gasteiger partial charge in [0.2, 0.25) is 5.91 Å². The van der Waals surface area contributed by atoms with Crippen molar-refractivity contribution in [1.82, 2.24) is 10.2 Å². The van der Waals surface area contributed by atoms with Crippen molar-refractivity contribution in [2.75, 3.05) is 6.54 Å². The number of hydrogen-bond donors (Lipinski definition) is 2. The van der Waals surface area contributed by atoms with E-state index in [9.17, 15) is 14.6 Å². The van der Waals surface area contributed by atoms with E-state index in [0.29, 0.717) is 37.6 Å². The average molecular weight is 466 g/mol. The van der Waals surface area contributed by atoms with Gasteiger partial charge in [-0.1, -0.05) is 18.2 Å². The first kappa shape index (κ1) is 24.1. The number of benzene rings is 2. The van der Waals surface area contributed by atoms with Crippen LogP contribution < -0.4 is 15.5 Å². The van der Waals surface area contributed by atoms with Gasteiger partial charge in [0.15, 0.2) is 0 Å². The largest absolute Gasteiger partial charge is 0.491 e. The molecule has 2 N–H and O–H groups in total. The van der Waals surface area contributed by atoms with Gasteiger partial charge in [-0.05, 0) is 80.9 Å². The fourth-order valence-corrected chi connectivity index (χ4v) is 4.13. The Balaban J connectivity index is 1.32. The summed E-state index contributed by atoms with van der Waals surface area (Å²) in [5.41, 5.74) is 1.99. The second-order valence-electron chi connectivity index (χ2n) is 9.67. The molecule has 2 heterocycles. The molecule has 2 aromatic carbocycles. The summed E-state index contributed by atoms with van der Waals surface area (Å²) < 4.78 is 16.6. The van der Waals surface area contributed by atoms with Crippen molar-refractivity contribution in [3.05, 3.63) is 53.6 Å². The van der Waals surface area contributed by atoms with Crippen LogP contribution in [0.4, 0.5) is 4.79 Å². The number of nitrogens with one attached hydrogen (secondary N) is 1. The van der Waals surface area contributed by atoms with Crippen LogP contribution in [0.5, 0.6) is 11.5 Å². The van der Waals surface area contributed by atoms with Crippen LogP contribution in [-0.2, 0) is 27.3 Å². The number of piperidine rings is 1. The molecule has 2 aromatic rings. The molecule has 1 fully saturated rings. The van der Waals surface area contributed by atoms with Crippen molar-refractivity contribution in [2.24, 2.45) is 0 Å². The van der Waals surface area contributed by atoms with Crippen LogP contribution in [0.1, 0.15) is 51.2 Å². The normalized spacial score (nSPS) is 17.8. The number of ether oxygens (including phenoxy) is 2. The standard InChI is InChI=1S/C25H31BN2O6/c1-25(2,3)34-24(30)28-13-5-4-6-22(28)23(29)27-15-17-7-9-19(10-8-17)33-20-11-12-21-18(14-20)16-32-26(21)31/h7-12,14,22,31H,4-6,13,15-16H2,1-3H3,(H,27,29). The van der Waals surface area contributed by atoms with Crippen LogP contribution in [0.3, 0.4) is 0 Å². The lowest BCUT2D eigenvalue weighted by atomic mass is 9.80. The summed E-state index contributed by atoms with van der Waals surface area (Å²) in [7, 11) is -0.872. The zero-order valence-corrected chi connectivity index (χ0v) is 19.9. The highest BCUT2D eigenvalue weighted by Gasteiger charge is 2.34. The molecular formula is C25H31BN2O6. The molecule has 0 spiro atoms. The van der Waals surface area contributed by atoms with E-state index in [-0.39, 0.29) is 5.91 Å². The van der Waals surface area contributed by atoms with E-state index in [0.717, 1.165) is 29.4 Å². The first-order valence-electron chi connectivity index (χ1n) is 11.7. The molecule has 9 heteroatoms. The quantitative estimate of drug-likeness (QED) is 0.658. The summed E-state index contributed by atoms with van der Waals surface area (Å²) in [6, 6.07) is 12.4. The van der Waals surface area contributed by atoms with E-state index in [1.807, 2.05) is 51.1 Å². The van der Waals surface area contributed by atoms with Crippen molar-refractivity contribution in [2.45, 2.75) is 64.8 Å². The monoisotopic (exact) mass is 466 g/mol. The predicted molar refractivity (Wildman–Crippen MR) is 128 cm³/mol. The molecular weight excluding hydrogens is 435 g/mol. The van der Waals surface area contributed by atoms with Crippen molar-refractivity contribution >= 4 is 24.6 Å². The number of hydrogen-bond acceptors (Lipinski definition) is 6. The topological polar surface area (TPSA) is 97.3 Å². The van der Waals surface area contributed by atoms with E-state index in [2.05, 4.69) is 5.32 Å². The van der Waals surface area contributed by atoms with Crippen molar-refractivity contribution in [3.8, 4) is 11.5 Å². The average Bonchev–Trinajstić information content (AvgIpc) is 3.17. The smallest absolute Gasteiger partial charge is 0.457 e. The Labute approximate surface area is 200 Å². The highest BCUT2D eigenvalue weighted by atomic mass is 16.6. The summed E-state index contributed by atoms with van der Waals surface area (Å²) in [6.07, 6.45) is 1.95.